The van der Waals surface area contributed by atoms with Crippen LogP contribution in [0.2, 0.25) is 0 Å². The molecule has 2 heterocycles. The number of nitrogens with one attached hydrogen (secondary N) is 1. The molecule has 0 fully saturated rings. The molecule has 1 N–H and O–H groups in total. The van der Waals surface area contributed by atoms with Gasteiger partial charge in [-0.1, -0.05) is 97.1 Å². The molecule has 2 heteroatoms. The van der Waals surface area contributed by atoms with Crippen LogP contribution in [0.4, 0.5) is 0 Å². The van der Waals surface area contributed by atoms with Gasteiger partial charge in [0.1, 0.15) is 0 Å². The largest absolute Gasteiger partial charge is 0.361 e. The summed E-state index contributed by atoms with van der Waals surface area (Å²) < 4.78 is 0. The third-order valence-corrected chi connectivity index (χ3v) is 6.92. The van der Waals surface area contributed by atoms with E-state index in [0.717, 1.165) is 16.6 Å². The molecule has 0 spiro atoms. The first-order chi connectivity index (χ1) is 17.4. The smallest absolute Gasteiger partial charge is 0.0792 e. The average Bonchev–Trinajstić information content (AvgIpc) is 3.36. The number of pyridine rings is 1. The van der Waals surface area contributed by atoms with Crippen molar-refractivity contribution in [1.82, 2.24) is 9.97 Å². The highest BCUT2D eigenvalue weighted by atomic mass is 14.7. The van der Waals surface area contributed by atoms with Gasteiger partial charge < -0.3 is 4.98 Å². The van der Waals surface area contributed by atoms with E-state index in [4.69, 9.17) is 4.98 Å². The van der Waals surface area contributed by atoms with Crippen molar-refractivity contribution in [2.45, 2.75) is 0 Å². The Kier molecular flexibility index (Phi) is 4.49. The summed E-state index contributed by atoms with van der Waals surface area (Å²) >= 11 is 0. The van der Waals surface area contributed by atoms with Crippen LogP contribution in [0.25, 0.3) is 66.0 Å². The Hall–Kier alpha value is -4.69. The first kappa shape index (κ1) is 19.7. The lowest BCUT2D eigenvalue weighted by atomic mass is 9.86. The fourth-order valence-corrected chi connectivity index (χ4v) is 5.31. The van der Waals surface area contributed by atoms with Crippen LogP contribution in [0.3, 0.4) is 0 Å². The maximum absolute atomic E-state index is 4.97. The molecule has 0 aliphatic rings. The number of fused-ring (bicyclic) bond motifs is 3. The minimum atomic E-state index is 1.01. The minimum absolute atomic E-state index is 1.01. The summed E-state index contributed by atoms with van der Waals surface area (Å²) in [4.78, 5) is 8.46. The zero-order valence-electron chi connectivity index (χ0n) is 19.1. The van der Waals surface area contributed by atoms with E-state index in [2.05, 4.69) is 126 Å². The molecule has 5 aromatic carbocycles. The molecule has 0 aliphatic carbocycles. The molecule has 0 bridgehead atoms. The maximum Gasteiger partial charge on any atom is 0.0792 e. The Bertz CT molecular complexity index is 1840. The van der Waals surface area contributed by atoms with E-state index in [0.29, 0.717) is 0 Å². The lowest BCUT2D eigenvalue weighted by molar-refractivity contribution is 1.36. The molecule has 0 unspecified atom stereocenters. The molecular formula is C33H22N2. The van der Waals surface area contributed by atoms with Gasteiger partial charge in [-0.3, -0.25) is 4.98 Å². The van der Waals surface area contributed by atoms with Gasteiger partial charge in [-0.25, -0.2) is 0 Å². The lowest BCUT2D eigenvalue weighted by Crippen LogP contribution is -1.94. The fraction of sp³-hybridized carbons (Fsp3) is 0. The third-order valence-electron chi connectivity index (χ3n) is 6.92. The van der Waals surface area contributed by atoms with E-state index in [1.54, 1.807) is 0 Å². The first-order valence-corrected chi connectivity index (χ1v) is 11.9. The topological polar surface area (TPSA) is 28.7 Å². The highest BCUT2D eigenvalue weighted by Crippen LogP contribution is 2.45. The van der Waals surface area contributed by atoms with Crippen molar-refractivity contribution in [3.63, 3.8) is 0 Å². The fourth-order valence-electron chi connectivity index (χ4n) is 5.31. The second kappa shape index (κ2) is 7.96. The Morgan fingerprint density at radius 1 is 0.514 bits per heavy atom. The number of aromatic amines is 1. The van der Waals surface area contributed by atoms with Gasteiger partial charge in [-0.2, -0.15) is 0 Å². The average molecular weight is 447 g/mol. The van der Waals surface area contributed by atoms with Crippen molar-refractivity contribution in [2.24, 2.45) is 0 Å². The second-order valence-electron chi connectivity index (χ2n) is 8.89. The summed E-state index contributed by atoms with van der Waals surface area (Å²) in [7, 11) is 0. The monoisotopic (exact) mass is 446 g/mol. The quantitative estimate of drug-likeness (QED) is 0.288. The van der Waals surface area contributed by atoms with Crippen molar-refractivity contribution in [3.8, 4) is 33.5 Å². The highest BCUT2D eigenvalue weighted by molar-refractivity contribution is 6.15. The van der Waals surface area contributed by atoms with Crippen molar-refractivity contribution in [2.75, 3.05) is 0 Å². The molecule has 0 saturated heterocycles. The van der Waals surface area contributed by atoms with Gasteiger partial charge in [0.25, 0.3) is 0 Å². The van der Waals surface area contributed by atoms with Gasteiger partial charge in [-0.15, -0.1) is 0 Å². The standard InChI is InChI=1S/C33H22N2/c1-2-10-22(11-3-1)28-20-29(30-21-35-31-17-9-8-15-26(30)31)32(27-16-7-6-14-25(27)28)33-24-13-5-4-12-23(24)18-19-34-33/h1-21,35H. The molecule has 0 amide bonds. The van der Waals surface area contributed by atoms with Gasteiger partial charge in [-0.05, 0) is 51.0 Å². The number of rotatable bonds is 3. The summed E-state index contributed by atoms with van der Waals surface area (Å²) in [6.45, 7) is 0. The molecule has 0 aliphatic heterocycles. The minimum Gasteiger partial charge on any atom is -0.361 e. The molecule has 0 saturated carbocycles. The number of hydrogen-bond acceptors (Lipinski definition) is 1. The van der Waals surface area contributed by atoms with Crippen molar-refractivity contribution >= 4 is 32.4 Å². The Labute approximate surface area is 203 Å². The van der Waals surface area contributed by atoms with Gasteiger partial charge in [0, 0.05) is 39.8 Å². The van der Waals surface area contributed by atoms with Crippen LogP contribution in [-0.4, -0.2) is 9.97 Å². The number of H-pyrrole nitrogens is 1. The van der Waals surface area contributed by atoms with E-state index in [1.165, 1.54) is 49.4 Å². The van der Waals surface area contributed by atoms with E-state index in [9.17, 15) is 0 Å². The van der Waals surface area contributed by atoms with Crippen molar-refractivity contribution in [1.29, 1.82) is 0 Å². The highest BCUT2D eigenvalue weighted by Gasteiger charge is 2.20. The zero-order valence-corrected chi connectivity index (χ0v) is 19.1. The van der Waals surface area contributed by atoms with Gasteiger partial charge in [0.2, 0.25) is 0 Å². The van der Waals surface area contributed by atoms with Gasteiger partial charge in [0.15, 0.2) is 0 Å². The van der Waals surface area contributed by atoms with Crippen LogP contribution in [0.5, 0.6) is 0 Å². The normalized spacial score (nSPS) is 11.4. The lowest BCUT2D eigenvalue weighted by Gasteiger charge is -2.18. The molecule has 7 rings (SSSR count). The molecule has 0 atom stereocenters. The van der Waals surface area contributed by atoms with Crippen LogP contribution in [-0.2, 0) is 0 Å². The molecule has 0 radical (unpaired) electrons. The number of nitrogens with zero attached hydrogens (tertiary/aromatic N) is 1. The summed E-state index contributed by atoms with van der Waals surface area (Å²) in [6.07, 6.45) is 4.06. The molecule has 2 nitrogen and oxygen atoms in total. The molecule has 2 aromatic heterocycles. The van der Waals surface area contributed by atoms with Crippen molar-refractivity contribution < 1.29 is 0 Å². The van der Waals surface area contributed by atoms with Crippen LogP contribution in [0.1, 0.15) is 0 Å². The number of para-hydroxylation sites is 1. The van der Waals surface area contributed by atoms with Crippen LogP contribution in [0.15, 0.2) is 128 Å². The van der Waals surface area contributed by atoms with Crippen LogP contribution in [0, 0.1) is 0 Å². The van der Waals surface area contributed by atoms with Crippen LogP contribution < -0.4 is 0 Å². The summed E-state index contributed by atoms with van der Waals surface area (Å²) in [6, 6.07) is 40.9. The Morgan fingerprint density at radius 3 is 2.06 bits per heavy atom. The van der Waals surface area contributed by atoms with Gasteiger partial charge >= 0.3 is 0 Å². The summed E-state index contributed by atoms with van der Waals surface area (Å²) in [5.41, 5.74) is 8.12. The molecule has 164 valence electrons. The Morgan fingerprint density at radius 2 is 1.20 bits per heavy atom. The second-order valence-corrected chi connectivity index (χ2v) is 8.89. The van der Waals surface area contributed by atoms with E-state index < -0.39 is 0 Å². The predicted molar refractivity (Wildman–Crippen MR) is 147 cm³/mol. The van der Waals surface area contributed by atoms with Crippen LogP contribution >= 0.6 is 0 Å². The van der Waals surface area contributed by atoms with E-state index in [-0.39, 0.29) is 0 Å². The maximum atomic E-state index is 4.97. The molecular weight excluding hydrogens is 424 g/mol. The van der Waals surface area contributed by atoms with Gasteiger partial charge in [0.05, 0.1) is 5.69 Å². The third kappa shape index (κ3) is 3.15. The predicted octanol–water partition coefficient (Wildman–Crippen LogP) is 8.87. The summed E-state index contributed by atoms with van der Waals surface area (Å²) in [5.74, 6) is 0. The Balaban J connectivity index is 1.68. The zero-order chi connectivity index (χ0) is 23.2. The number of hydrogen-bond donors (Lipinski definition) is 1. The molecule has 35 heavy (non-hydrogen) atoms. The van der Waals surface area contributed by atoms with E-state index >= 15 is 0 Å². The van der Waals surface area contributed by atoms with E-state index in [1.807, 2.05) is 6.20 Å². The van der Waals surface area contributed by atoms with Crippen molar-refractivity contribution in [3.05, 3.63) is 128 Å². The number of aromatic nitrogens is 2. The molecule has 7 aromatic rings. The number of benzene rings is 5. The SMILES string of the molecule is c1ccc(-c2cc(-c3c[nH]c4ccccc34)c(-c3nccc4ccccc34)c3ccccc23)cc1. The first-order valence-electron chi connectivity index (χ1n) is 11.9. The summed E-state index contributed by atoms with van der Waals surface area (Å²) in [5, 5.41) is 6.00.